The van der Waals surface area contributed by atoms with Gasteiger partial charge >= 0.3 is 6.18 Å². The third-order valence-electron chi connectivity index (χ3n) is 3.15. The molecule has 130 valence electrons. The number of benzene rings is 1. The zero-order valence-corrected chi connectivity index (χ0v) is 13.0. The van der Waals surface area contributed by atoms with Crippen LogP contribution in [0.25, 0.3) is 16.7 Å². The molecule has 0 fully saturated rings. The molecule has 0 saturated carbocycles. The molecule has 0 saturated heterocycles. The molecular weight excluding hydrogens is 337 g/mol. The van der Waals surface area contributed by atoms with Crippen LogP contribution in [-0.4, -0.2) is 32.8 Å². The van der Waals surface area contributed by atoms with E-state index >= 15 is 0 Å². The van der Waals surface area contributed by atoms with Crippen molar-refractivity contribution < 1.29 is 17.9 Å². The highest BCUT2D eigenvalue weighted by atomic mass is 19.4. The van der Waals surface area contributed by atoms with Gasteiger partial charge in [0.25, 0.3) is 0 Å². The standard InChI is InChI=1S/C15H13F3N6O/c1-2-25-9-19-23-12-11-8-20-24(10-6-4-3-5-7-10)13(11)22-14(21-12)15(16,17)18/h3-9H,2H2,1H3,(H,21,22,23)/b19-9-. The summed E-state index contributed by atoms with van der Waals surface area (Å²) in [7, 11) is 0. The van der Waals surface area contributed by atoms with E-state index in [2.05, 4.69) is 25.6 Å². The molecule has 0 radical (unpaired) electrons. The van der Waals surface area contributed by atoms with Crippen LogP contribution >= 0.6 is 0 Å². The fraction of sp³-hybridized carbons (Fsp3) is 0.200. The van der Waals surface area contributed by atoms with Crippen LogP contribution in [0.15, 0.2) is 41.6 Å². The monoisotopic (exact) mass is 350 g/mol. The highest BCUT2D eigenvalue weighted by Gasteiger charge is 2.36. The summed E-state index contributed by atoms with van der Waals surface area (Å²) in [4.78, 5) is 7.14. The van der Waals surface area contributed by atoms with Crippen LogP contribution < -0.4 is 5.43 Å². The first-order valence-electron chi connectivity index (χ1n) is 7.28. The SMILES string of the molecule is CCO/C=N\Nc1nc(C(F)(F)F)nc2c1cnn2-c1ccccc1. The molecule has 0 unspecified atom stereocenters. The van der Waals surface area contributed by atoms with Gasteiger partial charge in [-0.3, -0.25) is 5.43 Å². The first-order chi connectivity index (χ1) is 12.0. The maximum Gasteiger partial charge on any atom is 0.451 e. The number of nitrogens with one attached hydrogen (secondary N) is 1. The van der Waals surface area contributed by atoms with Crippen molar-refractivity contribution in [3.63, 3.8) is 0 Å². The quantitative estimate of drug-likeness (QED) is 0.434. The second kappa shape index (κ2) is 6.75. The van der Waals surface area contributed by atoms with E-state index in [0.717, 1.165) is 6.40 Å². The lowest BCUT2D eigenvalue weighted by atomic mass is 10.3. The molecule has 0 aliphatic heterocycles. The van der Waals surface area contributed by atoms with Gasteiger partial charge in [0.05, 0.1) is 23.9 Å². The molecule has 2 aromatic heterocycles. The Balaban J connectivity index is 2.13. The van der Waals surface area contributed by atoms with Crippen molar-refractivity contribution in [1.29, 1.82) is 0 Å². The Morgan fingerprint density at radius 3 is 2.68 bits per heavy atom. The van der Waals surface area contributed by atoms with E-state index in [1.165, 1.54) is 10.9 Å². The number of ether oxygens (including phenoxy) is 1. The van der Waals surface area contributed by atoms with Crippen LogP contribution in [0.1, 0.15) is 12.7 Å². The molecule has 1 aromatic carbocycles. The lowest BCUT2D eigenvalue weighted by Crippen LogP contribution is -2.13. The lowest BCUT2D eigenvalue weighted by molar-refractivity contribution is -0.144. The summed E-state index contributed by atoms with van der Waals surface area (Å²) in [5.41, 5.74) is 3.03. The summed E-state index contributed by atoms with van der Waals surface area (Å²) >= 11 is 0. The van der Waals surface area contributed by atoms with Gasteiger partial charge < -0.3 is 4.74 Å². The van der Waals surface area contributed by atoms with Crippen LogP contribution in [-0.2, 0) is 10.9 Å². The fourth-order valence-electron chi connectivity index (χ4n) is 2.08. The number of para-hydroxylation sites is 1. The second-order valence-corrected chi connectivity index (χ2v) is 4.82. The van der Waals surface area contributed by atoms with Crippen molar-refractivity contribution in [2.24, 2.45) is 5.10 Å². The maximum atomic E-state index is 13.1. The predicted molar refractivity (Wildman–Crippen MR) is 85.4 cm³/mol. The molecule has 10 heteroatoms. The Labute approximate surface area is 140 Å². The Hall–Kier alpha value is -3.17. The number of fused-ring (bicyclic) bond motifs is 1. The Bertz CT molecular complexity index is 891. The van der Waals surface area contributed by atoms with Crippen molar-refractivity contribution in [1.82, 2.24) is 19.7 Å². The first-order valence-corrected chi connectivity index (χ1v) is 7.28. The number of rotatable bonds is 5. The van der Waals surface area contributed by atoms with E-state index in [0.29, 0.717) is 17.7 Å². The largest absolute Gasteiger partial charge is 0.482 e. The topological polar surface area (TPSA) is 77.2 Å². The van der Waals surface area contributed by atoms with Gasteiger partial charge in [-0.25, -0.2) is 14.6 Å². The normalized spacial score (nSPS) is 12.0. The molecule has 0 bridgehead atoms. The number of hydrogen-bond donors (Lipinski definition) is 1. The molecule has 3 aromatic rings. The van der Waals surface area contributed by atoms with Crippen molar-refractivity contribution in [3.8, 4) is 5.69 Å². The van der Waals surface area contributed by atoms with Gasteiger partial charge in [-0.15, -0.1) is 5.10 Å². The Morgan fingerprint density at radius 2 is 2.00 bits per heavy atom. The van der Waals surface area contributed by atoms with E-state index in [9.17, 15) is 13.2 Å². The van der Waals surface area contributed by atoms with Crippen LogP contribution in [0.3, 0.4) is 0 Å². The number of hydrogen-bond acceptors (Lipinski definition) is 6. The molecule has 1 N–H and O–H groups in total. The smallest absolute Gasteiger partial charge is 0.451 e. The van der Waals surface area contributed by atoms with Crippen molar-refractivity contribution >= 4 is 23.3 Å². The van der Waals surface area contributed by atoms with Crippen molar-refractivity contribution in [2.45, 2.75) is 13.1 Å². The number of nitrogens with zero attached hydrogens (tertiary/aromatic N) is 5. The highest BCUT2D eigenvalue weighted by Crippen LogP contribution is 2.31. The minimum Gasteiger partial charge on any atom is -0.482 e. The summed E-state index contributed by atoms with van der Waals surface area (Å²) in [6.07, 6.45) is -2.25. The van der Waals surface area contributed by atoms with Crippen LogP contribution in [0, 0.1) is 0 Å². The van der Waals surface area contributed by atoms with Gasteiger partial charge in [0.2, 0.25) is 5.82 Å². The molecule has 7 nitrogen and oxygen atoms in total. The molecule has 2 heterocycles. The number of aromatic nitrogens is 4. The summed E-state index contributed by atoms with van der Waals surface area (Å²) in [6, 6.07) is 8.71. The second-order valence-electron chi connectivity index (χ2n) is 4.82. The molecule has 3 rings (SSSR count). The fourth-order valence-corrected chi connectivity index (χ4v) is 2.08. The predicted octanol–water partition coefficient (Wildman–Crippen LogP) is 3.23. The molecule has 0 aliphatic rings. The van der Waals surface area contributed by atoms with E-state index in [4.69, 9.17) is 4.74 Å². The maximum absolute atomic E-state index is 13.1. The third-order valence-corrected chi connectivity index (χ3v) is 3.15. The zero-order valence-electron chi connectivity index (χ0n) is 13.0. The van der Waals surface area contributed by atoms with Gasteiger partial charge in [0.15, 0.2) is 17.9 Å². The summed E-state index contributed by atoms with van der Waals surface area (Å²) < 4.78 is 45.6. The number of hydrazone groups is 1. The highest BCUT2D eigenvalue weighted by molar-refractivity contribution is 5.87. The number of anilines is 1. The van der Waals surface area contributed by atoms with Gasteiger partial charge in [-0.05, 0) is 19.1 Å². The number of halogens is 3. The molecule has 0 amide bonds. The van der Waals surface area contributed by atoms with Crippen LogP contribution in [0.2, 0.25) is 0 Å². The Kier molecular flexibility index (Phi) is 4.50. The summed E-state index contributed by atoms with van der Waals surface area (Å²) in [5, 5.41) is 8.11. The minimum atomic E-state index is -4.71. The van der Waals surface area contributed by atoms with E-state index in [1.807, 2.05) is 0 Å². The van der Waals surface area contributed by atoms with Gasteiger partial charge in [0.1, 0.15) is 0 Å². The van der Waals surface area contributed by atoms with Gasteiger partial charge in [0, 0.05) is 0 Å². The molecular formula is C15H13F3N6O. The minimum absolute atomic E-state index is 0.0163. The summed E-state index contributed by atoms with van der Waals surface area (Å²) in [6.45, 7) is 2.13. The average molecular weight is 350 g/mol. The molecule has 0 aliphatic carbocycles. The van der Waals surface area contributed by atoms with Crippen molar-refractivity contribution in [2.75, 3.05) is 12.0 Å². The lowest BCUT2D eigenvalue weighted by Gasteiger charge is -2.09. The molecule has 0 atom stereocenters. The van der Waals surface area contributed by atoms with Crippen LogP contribution in [0.5, 0.6) is 0 Å². The van der Waals surface area contributed by atoms with Crippen molar-refractivity contribution in [3.05, 3.63) is 42.4 Å². The first kappa shape index (κ1) is 16.7. The number of alkyl halides is 3. The average Bonchev–Trinajstić information content (AvgIpc) is 3.03. The van der Waals surface area contributed by atoms with Gasteiger partial charge in [-0.1, -0.05) is 18.2 Å². The van der Waals surface area contributed by atoms with Gasteiger partial charge in [-0.2, -0.15) is 18.3 Å². The summed E-state index contributed by atoms with van der Waals surface area (Å²) in [5.74, 6) is -1.40. The van der Waals surface area contributed by atoms with E-state index in [-0.39, 0.29) is 11.5 Å². The van der Waals surface area contributed by atoms with E-state index in [1.54, 1.807) is 37.3 Å². The zero-order chi connectivity index (χ0) is 17.9. The van der Waals surface area contributed by atoms with Crippen LogP contribution in [0.4, 0.5) is 19.0 Å². The molecule has 25 heavy (non-hydrogen) atoms. The molecule has 0 spiro atoms. The Morgan fingerprint density at radius 1 is 1.24 bits per heavy atom. The van der Waals surface area contributed by atoms with E-state index < -0.39 is 12.0 Å². The third kappa shape index (κ3) is 3.52.